The van der Waals surface area contributed by atoms with E-state index in [2.05, 4.69) is 31.8 Å². The van der Waals surface area contributed by atoms with Gasteiger partial charge in [0.2, 0.25) is 5.91 Å². The van der Waals surface area contributed by atoms with Crippen molar-refractivity contribution < 1.29 is 4.79 Å². The topological polar surface area (TPSA) is 29.1 Å². The minimum absolute atomic E-state index is 0.172. The zero-order valence-electron chi connectivity index (χ0n) is 7.97. The van der Waals surface area contributed by atoms with Gasteiger partial charge >= 0.3 is 0 Å². The summed E-state index contributed by atoms with van der Waals surface area (Å²) in [6.45, 7) is 4.97. The van der Waals surface area contributed by atoms with Crippen molar-refractivity contribution in [3.63, 3.8) is 0 Å². The minimum atomic E-state index is 0.172. The van der Waals surface area contributed by atoms with Crippen LogP contribution in [0.3, 0.4) is 0 Å². The number of hydrogen-bond donors (Lipinski definition) is 2. The highest BCUT2D eigenvalue weighted by atomic mass is 32.1. The normalized spacial score (nSPS) is 10.3. The maximum Gasteiger partial charge on any atom is 0.220 e. The van der Waals surface area contributed by atoms with Crippen molar-refractivity contribution in [2.75, 3.05) is 12.3 Å². The first-order valence-electron chi connectivity index (χ1n) is 4.54. The number of nitrogens with one attached hydrogen (secondary N) is 1. The van der Waals surface area contributed by atoms with E-state index in [4.69, 9.17) is 0 Å². The van der Waals surface area contributed by atoms with Crippen molar-refractivity contribution in [1.82, 2.24) is 5.32 Å². The van der Waals surface area contributed by atoms with Crippen LogP contribution in [0.2, 0.25) is 0 Å². The first-order valence-corrected chi connectivity index (χ1v) is 5.17. The van der Waals surface area contributed by atoms with Crippen LogP contribution in [-0.4, -0.2) is 18.2 Å². The Morgan fingerprint density at radius 1 is 1.42 bits per heavy atom. The molecule has 0 saturated heterocycles. The second kappa shape index (κ2) is 7.47. The molecule has 12 heavy (non-hydrogen) atoms. The second-order valence-corrected chi connectivity index (χ2v) is 3.83. The summed E-state index contributed by atoms with van der Waals surface area (Å²) in [5.74, 6) is 1.58. The number of carbonyl (C=O) groups excluding carboxylic acids is 1. The largest absolute Gasteiger partial charge is 0.356 e. The predicted octanol–water partition coefficient (Wildman–Crippen LogP) is 1.86. The van der Waals surface area contributed by atoms with E-state index in [-0.39, 0.29) is 5.91 Å². The summed E-state index contributed by atoms with van der Waals surface area (Å²) in [5.41, 5.74) is 0. The number of rotatable bonds is 6. The Bertz CT molecular complexity index is 126. The van der Waals surface area contributed by atoms with E-state index in [9.17, 15) is 4.79 Å². The van der Waals surface area contributed by atoms with E-state index in [1.54, 1.807) is 0 Å². The smallest absolute Gasteiger partial charge is 0.220 e. The number of unbranched alkanes of at least 4 members (excludes halogenated alkanes) is 1. The van der Waals surface area contributed by atoms with Gasteiger partial charge in [-0.05, 0) is 24.5 Å². The molecule has 0 fully saturated rings. The quantitative estimate of drug-likeness (QED) is 0.484. The van der Waals surface area contributed by atoms with E-state index >= 15 is 0 Å². The molecule has 2 nitrogen and oxygen atoms in total. The lowest BCUT2D eigenvalue weighted by Crippen LogP contribution is -2.26. The van der Waals surface area contributed by atoms with Crippen molar-refractivity contribution in [2.24, 2.45) is 5.92 Å². The molecule has 0 heterocycles. The van der Waals surface area contributed by atoms with Crippen LogP contribution >= 0.6 is 12.6 Å². The van der Waals surface area contributed by atoms with E-state index in [0.717, 1.165) is 25.1 Å². The molecule has 0 bridgehead atoms. The predicted molar refractivity (Wildman–Crippen MR) is 55.6 cm³/mol. The molecule has 0 aliphatic carbocycles. The van der Waals surface area contributed by atoms with Crippen molar-refractivity contribution in [2.45, 2.75) is 33.1 Å². The van der Waals surface area contributed by atoms with Gasteiger partial charge in [0, 0.05) is 13.0 Å². The van der Waals surface area contributed by atoms with Gasteiger partial charge in [-0.2, -0.15) is 12.6 Å². The monoisotopic (exact) mass is 189 g/mol. The Morgan fingerprint density at radius 3 is 2.58 bits per heavy atom. The van der Waals surface area contributed by atoms with Gasteiger partial charge in [-0.3, -0.25) is 4.79 Å². The lowest BCUT2D eigenvalue weighted by atomic mass is 10.2. The number of thiol groups is 1. The van der Waals surface area contributed by atoms with Crippen LogP contribution in [0, 0.1) is 5.92 Å². The summed E-state index contributed by atoms with van der Waals surface area (Å²) in [6.07, 6.45) is 2.62. The Morgan fingerprint density at radius 2 is 2.08 bits per heavy atom. The van der Waals surface area contributed by atoms with Crippen molar-refractivity contribution >= 4 is 18.5 Å². The highest BCUT2D eigenvalue weighted by molar-refractivity contribution is 7.80. The maximum absolute atomic E-state index is 11.1. The van der Waals surface area contributed by atoms with Gasteiger partial charge in [-0.1, -0.05) is 13.8 Å². The molecule has 1 amide bonds. The van der Waals surface area contributed by atoms with Gasteiger partial charge < -0.3 is 5.32 Å². The van der Waals surface area contributed by atoms with Gasteiger partial charge in [0.25, 0.3) is 0 Å². The molecule has 0 radical (unpaired) electrons. The van der Waals surface area contributed by atoms with Crippen LogP contribution < -0.4 is 5.32 Å². The molecule has 0 aliphatic rings. The molecule has 0 unspecified atom stereocenters. The molecular formula is C9H19NOS. The summed E-state index contributed by atoms with van der Waals surface area (Å²) >= 11 is 4.08. The SMILES string of the molecule is CC(C)CNC(=O)CCCCS. The van der Waals surface area contributed by atoms with Crippen molar-refractivity contribution in [3.05, 3.63) is 0 Å². The minimum Gasteiger partial charge on any atom is -0.356 e. The Balaban J connectivity index is 3.22. The van der Waals surface area contributed by atoms with E-state index in [1.807, 2.05) is 0 Å². The molecule has 0 aromatic rings. The molecule has 3 heteroatoms. The molecule has 0 saturated carbocycles. The summed E-state index contributed by atoms with van der Waals surface area (Å²) in [4.78, 5) is 11.1. The summed E-state index contributed by atoms with van der Waals surface area (Å²) in [5, 5.41) is 2.88. The lowest BCUT2D eigenvalue weighted by molar-refractivity contribution is -0.121. The third-order valence-electron chi connectivity index (χ3n) is 1.52. The van der Waals surface area contributed by atoms with Crippen LogP contribution in [0.5, 0.6) is 0 Å². The third kappa shape index (κ3) is 7.92. The fourth-order valence-corrected chi connectivity index (χ4v) is 1.03. The fourth-order valence-electron chi connectivity index (χ4n) is 0.804. The fraction of sp³-hybridized carbons (Fsp3) is 0.889. The van der Waals surface area contributed by atoms with Crippen molar-refractivity contribution in [3.8, 4) is 0 Å². The zero-order chi connectivity index (χ0) is 9.40. The summed E-state index contributed by atoms with van der Waals surface area (Å²) in [7, 11) is 0. The van der Waals surface area contributed by atoms with Crippen LogP contribution in [-0.2, 0) is 4.79 Å². The van der Waals surface area contributed by atoms with Gasteiger partial charge in [0.05, 0.1) is 0 Å². The molecule has 0 rings (SSSR count). The molecule has 0 aliphatic heterocycles. The number of carbonyl (C=O) groups is 1. The molecule has 1 N–H and O–H groups in total. The first-order chi connectivity index (χ1) is 5.66. The summed E-state index contributed by atoms with van der Waals surface area (Å²) in [6, 6.07) is 0. The first kappa shape index (κ1) is 11.8. The van der Waals surface area contributed by atoms with Crippen molar-refractivity contribution in [1.29, 1.82) is 0 Å². The standard InChI is InChI=1S/C9H19NOS/c1-8(2)7-10-9(11)5-3-4-6-12/h8,12H,3-7H2,1-2H3,(H,10,11). The van der Waals surface area contributed by atoms with Gasteiger partial charge in [-0.25, -0.2) is 0 Å². The molecule has 0 atom stereocenters. The maximum atomic E-state index is 11.1. The molecule has 0 aromatic heterocycles. The van der Waals surface area contributed by atoms with Gasteiger partial charge in [0.1, 0.15) is 0 Å². The molecule has 0 aromatic carbocycles. The van der Waals surface area contributed by atoms with Crippen LogP contribution in [0.1, 0.15) is 33.1 Å². The highest BCUT2D eigenvalue weighted by Gasteiger charge is 2.00. The molecule has 0 spiro atoms. The van der Waals surface area contributed by atoms with Crippen LogP contribution in [0.25, 0.3) is 0 Å². The molecule has 72 valence electrons. The van der Waals surface area contributed by atoms with Crippen LogP contribution in [0.15, 0.2) is 0 Å². The average molecular weight is 189 g/mol. The van der Waals surface area contributed by atoms with Crippen LogP contribution in [0.4, 0.5) is 0 Å². The van der Waals surface area contributed by atoms with E-state index < -0.39 is 0 Å². The summed E-state index contributed by atoms with van der Waals surface area (Å²) < 4.78 is 0. The highest BCUT2D eigenvalue weighted by Crippen LogP contribution is 1.97. The lowest BCUT2D eigenvalue weighted by Gasteiger charge is -2.06. The Labute approximate surface area is 80.5 Å². The Kier molecular flexibility index (Phi) is 7.36. The second-order valence-electron chi connectivity index (χ2n) is 3.38. The zero-order valence-corrected chi connectivity index (χ0v) is 8.86. The van der Waals surface area contributed by atoms with E-state index in [1.165, 1.54) is 0 Å². The van der Waals surface area contributed by atoms with Gasteiger partial charge in [0.15, 0.2) is 0 Å². The Hall–Kier alpha value is -0.180. The van der Waals surface area contributed by atoms with E-state index in [0.29, 0.717) is 12.3 Å². The average Bonchev–Trinajstić information content (AvgIpc) is 2.01. The number of amides is 1. The number of hydrogen-bond acceptors (Lipinski definition) is 2. The van der Waals surface area contributed by atoms with Gasteiger partial charge in [-0.15, -0.1) is 0 Å². The third-order valence-corrected chi connectivity index (χ3v) is 1.84. The molecular weight excluding hydrogens is 170 g/mol.